The van der Waals surface area contributed by atoms with E-state index in [0.717, 1.165) is 12.8 Å². The maximum atomic E-state index is 14.4. The highest BCUT2D eigenvalue weighted by Gasteiger charge is 2.46. The molecule has 2 atom stereocenters. The Morgan fingerprint density at radius 3 is 2.74 bits per heavy atom. The van der Waals surface area contributed by atoms with E-state index >= 15 is 0 Å². The van der Waals surface area contributed by atoms with Crippen LogP contribution < -0.4 is 0 Å². The van der Waals surface area contributed by atoms with Gasteiger partial charge >= 0.3 is 12.0 Å². The van der Waals surface area contributed by atoms with E-state index in [4.69, 9.17) is 15.7 Å². The molecule has 2 fully saturated rings. The van der Waals surface area contributed by atoms with Crippen LogP contribution in [0.15, 0.2) is 41.2 Å². The Bertz CT molecular complexity index is 1370. The molecule has 0 radical (unpaired) electrons. The van der Waals surface area contributed by atoms with Gasteiger partial charge in [-0.2, -0.15) is 0 Å². The molecule has 2 aromatic heterocycles. The van der Waals surface area contributed by atoms with Crippen molar-refractivity contribution in [2.75, 3.05) is 6.54 Å². The summed E-state index contributed by atoms with van der Waals surface area (Å²) in [6.07, 6.45) is 6.30. The van der Waals surface area contributed by atoms with E-state index in [2.05, 4.69) is 20.1 Å². The Balaban J connectivity index is 1.39. The number of aromatic nitrogens is 4. The third-order valence-corrected chi connectivity index (χ3v) is 6.49. The number of halogens is 1. The molecule has 12 heteroatoms. The molecular formula is C26H28FN7O4. The van der Waals surface area contributed by atoms with Gasteiger partial charge in [0.25, 0.3) is 5.89 Å². The topological polar surface area (TPSA) is 111 Å². The number of amides is 2. The first-order valence-electron chi connectivity index (χ1n) is 12.4. The minimum Gasteiger partial charge on any atom is -0.444 e. The number of hydrogen-bond acceptors (Lipinski definition) is 7. The summed E-state index contributed by atoms with van der Waals surface area (Å²) in [4.78, 5) is 37.6. The van der Waals surface area contributed by atoms with Crippen LogP contribution in [0.2, 0.25) is 0 Å². The van der Waals surface area contributed by atoms with Gasteiger partial charge in [0, 0.05) is 24.3 Å². The quantitative estimate of drug-likeness (QED) is 0.445. The first-order valence-corrected chi connectivity index (χ1v) is 12.4. The molecule has 1 aliphatic carbocycles. The van der Waals surface area contributed by atoms with Gasteiger partial charge in [-0.3, -0.25) is 9.48 Å². The van der Waals surface area contributed by atoms with Gasteiger partial charge in [0.15, 0.2) is 11.4 Å². The number of likely N-dealkylation sites (tertiary alicyclic amines) is 1. The van der Waals surface area contributed by atoms with Crippen LogP contribution in [-0.4, -0.2) is 72.0 Å². The fraction of sp³-hybridized carbons (Fsp3) is 0.462. The van der Waals surface area contributed by atoms with Crippen molar-refractivity contribution >= 4 is 17.7 Å². The molecule has 198 valence electrons. The molecule has 2 aliphatic rings. The van der Waals surface area contributed by atoms with Crippen molar-refractivity contribution in [2.45, 2.75) is 70.3 Å². The third kappa shape index (κ3) is 5.37. The lowest BCUT2D eigenvalue weighted by molar-refractivity contribution is 0.0197. The van der Waals surface area contributed by atoms with Crippen LogP contribution in [0.1, 0.15) is 50.7 Å². The molecule has 3 heterocycles. The zero-order chi connectivity index (χ0) is 27.0. The van der Waals surface area contributed by atoms with Gasteiger partial charge in [0.05, 0.1) is 37.6 Å². The van der Waals surface area contributed by atoms with E-state index in [1.807, 2.05) is 20.8 Å². The van der Waals surface area contributed by atoms with Gasteiger partial charge in [-0.05, 0) is 52.2 Å². The predicted octanol–water partition coefficient (Wildman–Crippen LogP) is 4.31. The molecule has 11 nitrogen and oxygen atoms in total. The molecule has 0 bridgehead atoms. The Labute approximate surface area is 219 Å². The lowest BCUT2D eigenvalue weighted by atomic mass is 10.1. The van der Waals surface area contributed by atoms with Crippen LogP contribution in [0.25, 0.3) is 16.2 Å². The summed E-state index contributed by atoms with van der Waals surface area (Å²) < 4.78 is 27.4. The normalized spacial score (nSPS) is 19.3. The van der Waals surface area contributed by atoms with E-state index in [1.54, 1.807) is 26.9 Å². The highest BCUT2D eigenvalue weighted by molar-refractivity contribution is 5.91. The summed E-state index contributed by atoms with van der Waals surface area (Å²) >= 11 is 0. The standard InChI is InChI=1S/C26H28FN7O4/c1-26(2,3)38-25(36)33-15-19(12-18(33)14-32-10-9-30-31-32)34(17-6-7-17)24(35)23-29-13-22(37-23)20-11-16(28-4)5-8-21(20)27/h5,8-11,13,17-19H,6-7,12,14-15H2,1-3H3/t18-,19+/m0/s1. The van der Waals surface area contributed by atoms with Crippen LogP contribution in [0.3, 0.4) is 0 Å². The van der Waals surface area contributed by atoms with Crippen molar-refractivity contribution in [2.24, 2.45) is 0 Å². The van der Waals surface area contributed by atoms with Crippen LogP contribution in [-0.2, 0) is 11.3 Å². The Hall–Kier alpha value is -4.27. The Morgan fingerprint density at radius 1 is 1.29 bits per heavy atom. The minimum atomic E-state index is -0.673. The zero-order valence-electron chi connectivity index (χ0n) is 21.4. The largest absolute Gasteiger partial charge is 0.444 e. The molecule has 0 N–H and O–H groups in total. The number of nitrogens with zero attached hydrogens (tertiary/aromatic N) is 7. The van der Waals surface area contributed by atoms with Crippen LogP contribution >= 0.6 is 0 Å². The molecule has 1 aliphatic heterocycles. The third-order valence-electron chi connectivity index (χ3n) is 6.49. The van der Waals surface area contributed by atoms with E-state index < -0.39 is 23.4 Å². The Kier molecular flexibility index (Phi) is 6.60. The summed E-state index contributed by atoms with van der Waals surface area (Å²) in [5, 5.41) is 7.88. The second kappa shape index (κ2) is 9.89. The smallest absolute Gasteiger partial charge is 0.410 e. The molecule has 1 saturated carbocycles. The second-order valence-corrected chi connectivity index (χ2v) is 10.6. The lowest BCUT2D eigenvalue weighted by Crippen LogP contribution is -2.45. The molecule has 3 aromatic rings. The first-order chi connectivity index (χ1) is 18.1. The summed E-state index contributed by atoms with van der Waals surface area (Å²) in [5.41, 5.74) is -0.363. The fourth-order valence-electron chi connectivity index (χ4n) is 4.72. The molecular weight excluding hydrogens is 493 g/mol. The summed E-state index contributed by atoms with van der Waals surface area (Å²) in [7, 11) is 0. The maximum Gasteiger partial charge on any atom is 0.410 e. The van der Waals surface area contributed by atoms with E-state index in [1.165, 1.54) is 24.4 Å². The minimum absolute atomic E-state index is 0.00404. The summed E-state index contributed by atoms with van der Waals surface area (Å²) in [6.45, 7) is 13.3. The van der Waals surface area contributed by atoms with Gasteiger partial charge in [-0.15, -0.1) is 5.10 Å². The van der Waals surface area contributed by atoms with Crippen molar-refractivity contribution in [1.82, 2.24) is 29.8 Å². The molecule has 0 unspecified atom stereocenters. The average Bonchev–Trinajstić information content (AvgIpc) is 3.25. The number of oxazole rings is 1. The van der Waals surface area contributed by atoms with Crippen molar-refractivity contribution in [3.8, 4) is 11.3 Å². The van der Waals surface area contributed by atoms with Gasteiger partial charge < -0.3 is 19.0 Å². The van der Waals surface area contributed by atoms with E-state index in [9.17, 15) is 14.0 Å². The van der Waals surface area contributed by atoms with Gasteiger partial charge in [0.1, 0.15) is 11.4 Å². The molecule has 2 amide bonds. The van der Waals surface area contributed by atoms with Gasteiger partial charge in [-0.1, -0.05) is 11.3 Å². The summed E-state index contributed by atoms with van der Waals surface area (Å²) in [6, 6.07) is 3.35. The Morgan fingerprint density at radius 2 is 2.08 bits per heavy atom. The van der Waals surface area contributed by atoms with Gasteiger partial charge in [0.2, 0.25) is 0 Å². The van der Waals surface area contributed by atoms with Gasteiger partial charge in [-0.25, -0.2) is 19.0 Å². The van der Waals surface area contributed by atoms with Crippen molar-refractivity contribution in [3.63, 3.8) is 0 Å². The highest BCUT2D eigenvalue weighted by atomic mass is 19.1. The lowest BCUT2D eigenvalue weighted by Gasteiger charge is -2.29. The number of rotatable bonds is 6. The number of hydrogen-bond donors (Lipinski definition) is 0. The first kappa shape index (κ1) is 25.4. The molecule has 1 aromatic carbocycles. The predicted molar refractivity (Wildman–Crippen MR) is 133 cm³/mol. The highest BCUT2D eigenvalue weighted by Crippen LogP contribution is 2.36. The molecule has 38 heavy (non-hydrogen) atoms. The van der Waals surface area contributed by atoms with E-state index in [0.29, 0.717) is 13.0 Å². The summed E-state index contributed by atoms with van der Waals surface area (Å²) in [5.74, 6) is -1.09. The molecule has 5 rings (SSSR count). The van der Waals surface area contributed by atoms with Crippen molar-refractivity contribution < 1.29 is 23.1 Å². The van der Waals surface area contributed by atoms with Crippen LogP contribution in [0, 0.1) is 12.4 Å². The molecule has 0 spiro atoms. The average molecular weight is 522 g/mol. The second-order valence-electron chi connectivity index (χ2n) is 10.6. The monoisotopic (exact) mass is 521 g/mol. The van der Waals surface area contributed by atoms with Crippen LogP contribution in [0.5, 0.6) is 0 Å². The number of benzene rings is 1. The maximum absolute atomic E-state index is 14.4. The fourth-order valence-corrected chi connectivity index (χ4v) is 4.72. The number of carbonyl (C=O) groups excluding carboxylic acids is 2. The zero-order valence-corrected chi connectivity index (χ0v) is 21.4. The SMILES string of the molecule is [C-]#[N+]c1ccc(F)c(-c2cnc(C(=O)N(C3CC3)[C@@H]3C[C@@H](Cn4ccnn4)N(C(=O)OC(C)(C)C)C3)o2)c1. The van der Waals surface area contributed by atoms with Crippen molar-refractivity contribution in [1.29, 1.82) is 0 Å². The van der Waals surface area contributed by atoms with E-state index in [-0.39, 0.29) is 47.6 Å². The van der Waals surface area contributed by atoms with Crippen LogP contribution in [0.4, 0.5) is 14.9 Å². The molecule has 1 saturated heterocycles. The number of ether oxygens (including phenoxy) is 1. The van der Waals surface area contributed by atoms with Crippen molar-refractivity contribution in [3.05, 3.63) is 59.9 Å². The number of carbonyl (C=O) groups is 2.